The third-order valence-corrected chi connectivity index (χ3v) is 3.35. The summed E-state index contributed by atoms with van der Waals surface area (Å²) in [6.07, 6.45) is 1.63. The van der Waals surface area contributed by atoms with E-state index in [4.69, 9.17) is 16.3 Å². The summed E-state index contributed by atoms with van der Waals surface area (Å²) in [5.41, 5.74) is 0. The maximum Gasteiger partial charge on any atom is 0.309 e. The van der Waals surface area contributed by atoms with Crippen LogP contribution in [0.1, 0.15) is 19.8 Å². The van der Waals surface area contributed by atoms with E-state index in [-0.39, 0.29) is 11.9 Å². The molecule has 18 heavy (non-hydrogen) atoms. The summed E-state index contributed by atoms with van der Waals surface area (Å²) in [5.74, 6) is 0.835. The first-order valence-electron chi connectivity index (χ1n) is 6.25. The van der Waals surface area contributed by atoms with E-state index in [0.29, 0.717) is 11.8 Å². The van der Waals surface area contributed by atoms with Crippen LogP contribution < -0.4 is 4.90 Å². The summed E-state index contributed by atoms with van der Waals surface area (Å²) < 4.78 is 5.05. The minimum Gasteiger partial charge on any atom is -0.466 e. The molecule has 0 unspecified atom stereocenters. The Hall–Kier alpha value is -1.29. The molecule has 1 aliphatic heterocycles. The van der Waals surface area contributed by atoms with Crippen LogP contribution >= 0.6 is 11.6 Å². The van der Waals surface area contributed by atoms with Crippen molar-refractivity contribution in [2.75, 3.05) is 24.6 Å². The molecule has 0 spiro atoms. The summed E-state index contributed by atoms with van der Waals surface area (Å²) in [5, 5.41) is 0.500. The molecule has 2 heterocycles. The number of hydrogen-bond donors (Lipinski definition) is 0. The van der Waals surface area contributed by atoms with Crippen LogP contribution in [0.2, 0.25) is 5.15 Å². The molecule has 4 nitrogen and oxygen atoms in total. The van der Waals surface area contributed by atoms with Crippen LogP contribution in [0, 0.1) is 5.92 Å². The van der Waals surface area contributed by atoms with Gasteiger partial charge in [-0.05, 0) is 31.9 Å². The normalized spacial score (nSPS) is 16.7. The number of carbonyl (C=O) groups is 1. The van der Waals surface area contributed by atoms with Gasteiger partial charge in [-0.2, -0.15) is 0 Å². The highest BCUT2D eigenvalue weighted by Gasteiger charge is 2.26. The van der Waals surface area contributed by atoms with Crippen LogP contribution in [0.4, 0.5) is 5.82 Å². The largest absolute Gasteiger partial charge is 0.466 e. The van der Waals surface area contributed by atoms with Crippen LogP contribution in [-0.2, 0) is 9.53 Å². The highest BCUT2D eigenvalue weighted by Crippen LogP contribution is 2.23. The number of ether oxygens (including phenoxy) is 1. The van der Waals surface area contributed by atoms with Gasteiger partial charge in [-0.15, -0.1) is 0 Å². The average Bonchev–Trinajstić information content (AvgIpc) is 2.39. The Kier molecular flexibility index (Phi) is 4.42. The van der Waals surface area contributed by atoms with E-state index < -0.39 is 0 Å². The number of rotatable bonds is 3. The van der Waals surface area contributed by atoms with Crippen LogP contribution in [0.5, 0.6) is 0 Å². The third-order valence-electron chi connectivity index (χ3n) is 3.14. The van der Waals surface area contributed by atoms with Crippen LogP contribution in [0.25, 0.3) is 0 Å². The molecule has 98 valence electrons. The molecule has 1 aromatic heterocycles. The molecule has 0 atom stereocenters. The second-order valence-corrected chi connectivity index (χ2v) is 4.72. The minimum absolute atomic E-state index is 0.0281. The average molecular weight is 269 g/mol. The molecular weight excluding hydrogens is 252 g/mol. The number of aromatic nitrogens is 1. The van der Waals surface area contributed by atoms with Crippen molar-refractivity contribution in [3.05, 3.63) is 23.4 Å². The zero-order valence-electron chi connectivity index (χ0n) is 10.4. The molecule has 0 amide bonds. The highest BCUT2D eigenvalue weighted by atomic mass is 35.5. The molecule has 1 aromatic rings. The molecular formula is C13H17ClN2O2. The number of pyridine rings is 1. The van der Waals surface area contributed by atoms with E-state index in [1.165, 1.54) is 0 Å². The Morgan fingerprint density at radius 1 is 1.50 bits per heavy atom. The summed E-state index contributed by atoms with van der Waals surface area (Å²) in [6.45, 7) is 3.92. The number of carbonyl (C=O) groups excluding carboxylic acids is 1. The lowest BCUT2D eigenvalue weighted by molar-refractivity contribution is -0.148. The van der Waals surface area contributed by atoms with Gasteiger partial charge >= 0.3 is 5.97 Å². The number of hydrogen-bond acceptors (Lipinski definition) is 4. The van der Waals surface area contributed by atoms with Crippen molar-refractivity contribution in [3.8, 4) is 0 Å². The smallest absolute Gasteiger partial charge is 0.309 e. The molecule has 1 saturated heterocycles. The quantitative estimate of drug-likeness (QED) is 0.624. The van der Waals surface area contributed by atoms with Crippen molar-refractivity contribution in [1.82, 2.24) is 4.98 Å². The lowest BCUT2D eigenvalue weighted by Crippen LogP contribution is -2.37. The van der Waals surface area contributed by atoms with Gasteiger partial charge < -0.3 is 9.64 Å². The third kappa shape index (κ3) is 3.13. The molecule has 0 aliphatic carbocycles. The van der Waals surface area contributed by atoms with Gasteiger partial charge in [0.15, 0.2) is 0 Å². The molecule has 0 bridgehead atoms. The van der Waals surface area contributed by atoms with Crippen molar-refractivity contribution in [2.24, 2.45) is 5.92 Å². The standard InChI is InChI=1S/C13H17ClN2O2/c1-2-18-13(17)10-6-8-16(9-7-10)12-5-3-4-11(14)15-12/h3-5,10H,2,6-9H2,1H3. The molecule has 5 heteroatoms. The van der Waals surface area contributed by atoms with Crippen molar-refractivity contribution in [1.29, 1.82) is 0 Å². The van der Waals surface area contributed by atoms with Gasteiger partial charge in [0.05, 0.1) is 12.5 Å². The number of halogens is 1. The summed E-state index contributed by atoms with van der Waals surface area (Å²) in [4.78, 5) is 18.1. The van der Waals surface area contributed by atoms with Gasteiger partial charge in [-0.3, -0.25) is 4.79 Å². The van der Waals surface area contributed by atoms with E-state index in [0.717, 1.165) is 31.7 Å². The highest BCUT2D eigenvalue weighted by molar-refractivity contribution is 6.29. The molecule has 0 radical (unpaired) electrons. The SMILES string of the molecule is CCOC(=O)C1CCN(c2cccc(Cl)n2)CC1. The first-order valence-corrected chi connectivity index (χ1v) is 6.62. The fraction of sp³-hybridized carbons (Fsp3) is 0.538. The molecule has 0 aromatic carbocycles. The fourth-order valence-electron chi connectivity index (χ4n) is 2.18. The molecule has 1 fully saturated rings. The maximum absolute atomic E-state index is 11.6. The molecule has 0 saturated carbocycles. The van der Waals surface area contributed by atoms with Crippen LogP contribution in [0.3, 0.4) is 0 Å². The van der Waals surface area contributed by atoms with Gasteiger partial charge in [0.1, 0.15) is 11.0 Å². The van der Waals surface area contributed by atoms with Gasteiger partial charge in [0, 0.05) is 13.1 Å². The second kappa shape index (κ2) is 6.05. The van der Waals surface area contributed by atoms with Crippen molar-refractivity contribution in [2.45, 2.75) is 19.8 Å². The van der Waals surface area contributed by atoms with Crippen molar-refractivity contribution >= 4 is 23.4 Å². The van der Waals surface area contributed by atoms with E-state index in [1.54, 1.807) is 6.07 Å². The first-order chi connectivity index (χ1) is 8.70. The van der Waals surface area contributed by atoms with Gasteiger partial charge in [-0.1, -0.05) is 17.7 Å². The van der Waals surface area contributed by atoms with Crippen LogP contribution in [-0.4, -0.2) is 30.6 Å². The van der Waals surface area contributed by atoms with E-state index >= 15 is 0 Å². The van der Waals surface area contributed by atoms with E-state index in [9.17, 15) is 4.79 Å². The summed E-state index contributed by atoms with van der Waals surface area (Å²) >= 11 is 5.87. The number of piperidine rings is 1. The predicted octanol–water partition coefficient (Wildman–Crippen LogP) is 2.51. The predicted molar refractivity (Wildman–Crippen MR) is 70.8 cm³/mol. The summed E-state index contributed by atoms with van der Waals surface area (Å²) in [7, 11) is 0. The zero-order valence-corrected chi connectivity index (χ0v) is 11.2. The Bertz CT molecular complexity index is 417. The molecule has 2 rings (SSSR count). The molecule has 0 N–H and O–H groups in total. The topological polar surface area (TPSA) is 42.4 Å². The lowest BCUT2D eigenvalue weighted by Gasteiger charge is -2.31. The Morgan fingerprint density at radius 2 is 2.22 bits per heavy atom. The van der Waals surface area contributed by atoms with E-state index in [1.807, 2.05) is 19.1 Å². The Balaban J connectivity index is 1.92. The maximum atomic E-state index is 11.6. The van der Waals surface area contributed by atoms with E-state index in [2.05, 4.69) is 9.88 Å². The molecule has 1 aliphatic rings. The lowest BCUT2D eigenvalue weighted by atomic mass is 9.97. The first kappa shape index (κ1) is 13.1. The fourth-order valence-corrected chi connectivity index (χ4v) is 2.34. The monoisotopic (exact) mass is 268 g/mol. The number of esters is 1. The summed E-state index contributed by atoms with van der Waals surface area (Å²) in [6, 6.07) is 5.59. The minimum atomic E-state index is -0.0730. The zero-order chi connectivity index (χ0) is 13.0. The number of nitrogens with zero attached hydrogens (tertiary/aromatic N) is 2. The van der Waals surface area contributed by atoms with Crippen molar-refractivity contribution in [3.63, 3.8) is 0 Å². The van der Waals surface area contributed by atoms with Gasteiger partial charge in [-0.25, -0.2) is 4.98 Å². The Labute approximate surface area is 112 Å². The van der Waals surface area contributed by atoms with Gasteiger partial charge in [0.2, 0.25) is 0 Å². The van der Waals surface area contributed by atoms with Crippen LogP contribution in [0.15, 0.2) is 18.2 Å². The Morgan fingerprint density at radius 3 is 2.83 bits per heavy atom. The second-order valence-electron chi connectivity index (χ2n) is 4.33. The number of anilines is 1. The van der Waals surface area contributed by atoms with Gasteiger partial charge in [0.25, 0.3) is 0 Å². The van der Waals surface area contributed by atoms with Crippen molar-refractivity contribution < 1.29 is 9.53 Å².